The van der Waals surface area contributed by atoms with E-state index in [4.69, 9.17) is 4.74 Å². The molecule has 0 spiro atoms. The van der Waals surface area contributed by atoms with Crippen LogP contribution in [0, 0.1) is 6.92 Å². The number of amides is 1. The maximum atomic E-state index is 12.5. The molecule has 0 saturated heterocycles. The molecular weight excluding hydrogens is 388 g/mol. The molecule has 0 radical (unpaired) electrons. The van der Waals surface area contributed by atoms with Gasteiger partial charge in [0.25, 0.3) is 0 Å². The van der Waals surface area contributed by atoms with Crippen molar-refractivity contribution in [2.24, 2.45) is 0 Å². The van der Waals surface area contributed by atoms with E-state index in [1.165, 1.54) is 0 Å². The number of carbonyl (C=O) groups is 1. The molecule has 0 aliphatic carbocycles. The van der Waals surface area contributed by atoms with Crippen LogP contribution in [-0.4, -0.2) is 27.0 Å². The lowest BCUT2D eigenvalue weighted by molar-refractivity contribution is -0.127. The van der Waals surface area contributed by atoms with Crippen molar-refractivity contribution in [3.05, 3.63) is 114 Å². The normalized spacial score (nSPS) is 10.9. The van der Waals surface area contributed by atoms with Gasteiger partial charge in [0, 0.05) is 25.1 Å². The second kappa shape index (κ2) is 9.82. The first-order valence-corrected chi connectivity index (χ1v) is 10.1. The molecule has 0 fully saturated rings. The molecule has 2 aromatic carbocycles. The van der Waals surface area contributed by atoms with Crippen molar-refractivity contribution in [3.8, 4) is 5.82 Å². The van der Waals surface area contributed by atoms with Gasteiger partial charge in [0.2, 0.25) is 5.91 Å². The smallest absolute Gasteiger partial charge is 0.246 e. The predicted octanol–water partition coefficient (Wildman–Crippen LogP) is 4.00. The predicted molar refractivity (Wildman–Crippen MR) is 119 cm³/mol. The summed E-state index contributed by atoms with van der Waals surface area (Å²) in [7, 11) is 0. The summed E-state index contributed by atoms with van der Waals surface area (Å²) >= 11 is 0. The van der Waals surface area contributed by atoms with Crippen molar-refractivity contribution in [1.82, 2.24) is 19.9 Å². The Morgan fingerprint density at radius 1 is 0.968 bits per heavy atom. The molecule has 0 atom stereocenters. The van der Waals surface area contributed by atoms with Gasteiger partial charge < -0.3 is 10.1 Å². The number of nitrogens with zero attached hydrogens (tertiary/aromatic N) is 3. The molecule has 0 bridgehead atoms. The van der Waals surface area contributed by atoms with Crippen molar-refractivity contribution in [1.29, 1.82) is 0 Å². The van der Waals surface area contributed by atoms with E-state index in [0.29, 0.717) is 6.54 Å². The Morgan fingerprint density at radius 2 is 1.65 bits per heavy atom. The monoisotopic (exact) mass is 412 g/mol. The topological polar surface area (TPSA) is 69.0 Å². The molecule has 156 valence electrons. The van der Waals surface area contributed by atoms with E-state index in [0.717, 1.165) is 28.3 Å². The lowest BCUT2D eigenvalue weighted by Crippen LogP contribution is -2.28. The van der Waals surface area contributed by atoms with Crippen LogP contribution in [0.3, 0.4) is 0 Å². The number of carbonyl (C=O) groups excluding carboxylic acids is 1. The second-order valence-electron chi connectivity index (χ2n) is 7.16. The van der Waals surface area contributed by atoms with Gasteiger partial charge in [0.1, 0.15) is 24.4 Å². The highest BCUT2D eigenvalue weighted by Gasteiger charge is 2.16. The Morgan fingerprint density at radius 3 is 2.26 bits per heavy atom. The number of aryl methyl sites for hydroxylation is 1. The zero-order valence-corrected chi connectivity index (χ0v) is 17.3. The number of aromatic nitrogens is 3. The fraction of sp³-hybridized carbons (Fsp3) is 0.160. The summed E-state index contributed by atoms with van der Waals surface area (Å²) in [5.74, 6) is 1.45. The van der Waals surface area contributed by atoms with E-state index in [9.17, 15) is 4.79 Å². The molecule has 6 heteroatoms. The zero-order chi connectivity index (χ0) is 21.5. The van der Waals surface area contributed by atoms with Gasteiger partial charge in [-0.05, 0) is 35.7 Å². The van der Waals surface area contributed by atoms with Crippen LogP contribution in [0.25, 0.3) is 5.82 Å². The highest BCUT2D eigenvalue weighted by atomic mass is 16.5. The first-order valence-electron chi connectivity index (χ1n) is 10.1. The summed E-state index contributed by atoms with van der Waals surface area (Å²) in [5.41, 5.74) is 2.97. The van der Waals surface area contributed by atoms with Crippen molar-refractivity contribution in [3.63, 3.8) is 0 Å². The highest BCUT2D eigenvalue weighted by Crippen LogP contribution is 2.25. The molecule has 2 heterocycles. The van der Waals surface area contributed by atoms with Gasteiger partial charge >= 0.3 is 0 Å². The fourth-order valence-corrected chi connectivity index (χ4v) is 3.37. The van der Waals surface area contributed by atoms with Gasteiger partial charge in [0.05, 0.1) is 0 Å². The Bertz CT molecular complexity index is 1090. The molecular formula is C25H24N4O2. The van der Waals surface area contributed by atoms with Gasteiger partial charge in [-0.1, -0.05) is 60.7 Å². The van der Waals surface area contributed by atoms with Crippen molar-refractivity contribution in [2.45, 2.75) is 19.6 Å². The highest BCUT2D eigenvalue weighted by molar-refractivity contribution is 5.77. The van der Waals surface area contributed by atoms with Crippen LogP contribution in [0.15, 0.2) is 91.4 Å². The van der Waals surface area contributed by atoms with Crippen LogP contribution in [0.5, 0.6) is 0 Å². The second-order valence-corrected chi connectivity index (χ2v) is 7.16. The fourth-order valence-electron chi connectivity index (χ4n) is 3.37. The standard InChI is InChI=1S/C25H24N4O2/c1-19-26-14-15-29(19)23-16-20(12-13-27-23)17-28-24(30)18-31-25(21-8-4-2-5-9-21)22-10-6-3-7-11-22/h2-16,25H,17-18H2,1H3,(H,28,30). The molecule has 2 aromatic heterocycles. The minimum absolute atomic E-state index is 0.0347. The number of pyridine rings is 1. The molecule has 0 aliphatic heterocycles. The molecule has 6 nitrogen and oxygen atoms in total. The van der Waals surface area contributed by atoms with E-state index >= 15 is 0 Å². The van der Waals surface area contributed by atoms with Gasteiger partial charge in [-0.15, -0.1) is 0 Å². The van der Waals surface area contributed by atoms with E-state index in [2.05, 4.69) is 15.3 Å². The van der Waals surface area contributed by atoms with Crippen molar-refractivity contribution < 1.29 is 9.53 Å². The maximum Gasteiger partial charge on any atom is 0.246 e. The van der Waals surface area contributed by atoms with Crippen LogP contribution in [0.1, 0.15) is 28.6 Å². The molecule has 4 rings (SSSR count). The molecule has 0 unspecified atom stereocenters. The first-order chi connectivity index (χ1) is 15.2. The number of hydrogen-bond acceptors (Lipinski definition) is 4. The summed E-state index contributed by atoms with van der Waals surface area (Å²) in [6.45, 7) is 2.28. The van der Waals surface area contributed by atoms with E-state index in [-0.39, 0.29) is 18.6 Å². The average Bonchev–Trinajstić information content (AvgIpc) is 3.25. The first kappa shape index (κ1) is 20.5. The molecule has 4 aromatic rings. The Labute approximate surface area is 181 Å². The van der Waals surface area contributed by atoms with Gasteiger partial charge in [-0.2, -0.15) is 0 Å². The Hall–Kier alpha value is -3.77. The molecule has 1 amide bonds. The number of imidazole rings is 1. The SMILES string of the molecule is Cc1nccn1-c1cc(CNC(=O)COC(c2ccccc2)c2ccccc2)ccn1. The lowest BCUT2D eigenvalue weighted by atomic mass is 10.0. The number of rotatable bonds is 8. The van der Waals surface area contributed by atoms with Crippen LogP contribution < -0.4 is 5.32 Å². The van der Waals surface area contributed by atoms with Crippen LogP contribution in [-0.2, 0) is 16.1 Å². The lowest BCUT2D eigenvalue weighted by Gasteiger charge is -2.19. The largest absolute Gasteiger partial charge is 0.359 e. The van der Waals surface area contributed by atoms with Gasteiger partial charge in [-0.25, -0.2) is 9.97 Å². The van der Waals surface area contributed by atoms with Gasteiger partial charge in [0.15, 0.2) is 0 Å². The minimum Gasteiger partial charge on any atom is -0.359 e. The van der Waals surface area contributed by atoms with Crippen LogP contribution in [0.2, 0.25) is 0 Å². The summed E-state index contributed by atoms with van der Waals surface area (Å²) in [4.78, 5) is 21.1. The molecule has 1 N–H and O–H groups in total. The average molecular weight is 412 g/mol. The van der Waals surface area contributed by atoms with E-state index in [1.54, 1.807) is 12.4 Å². The Kier molecular flexibility index (Phi) is 6.50. The zero-order valence-electron chi connectivity index (χ0n) is 17.3. The summed E-state index contributed by atoms with van der Waals surface area (Å²) in [6, 6.07) is 23.7. The number of nitrogens with one attached hydrogen (secondary N) is 1. The summed E-state index contributed by atoms with van der Waals surface area (Å²) in [6.07, 6.45) is 5.03. The quantitative estimate of drug-likeness (QED) is 0.475. The third kappa shape index (κ3) is 5.24. The summed E-state index contributed by atoms with van der Waals surface area (Å²) < 4.78 is 7.93. The summed E-state index contributed by atoms with van der Waals surface area (Å²) in [5, 5.41) is 2.93. The Balaban J connectivity index is 1.38. The van der Waals surface area contributed by atoms with Crippen molar-refractivity contribution in [2.75, 3.05) is 6.61 Å². The molecule has 0 aliphatic rings. The van der Waals surface area contributed by atoms with E-state index < -0.39 is 0 Å². The third-order valence-electron chi connectivity index (χ3n) is 4.96. The van der Waals surface area contributed by atoms with Gasteiger partial charge in [-0.3, -0.25) is 9.36 Å². The van der Waals surface area contributed by atoms with Crippen LogP contribution in [0.4, 0.5) is 0 Å². The van der Waals surface area contributed by atoms with Crippen molar-refractivity contribution >= 4 is 5.91 Å². The number of ether oxygens (including phenoxy) is 1. The minimum atomic E-state index is -0.301. The third-order valence-corrected chi connectivity index (χ3v) is 4.96. The maximum absolute atomic E-state index is 12.5. The molecule has 0 saturated carbocycles. The number of hydrogen-bond donors (Lipinski definition) is 1. The van der Waals surface area contributed by atoms with E-state index in [1.807, 2.05) is 90.5 Å². The number of benzene rings is 2. The van der Waals surface area contributed by atoms with Crippen LogP contribution >= 0.6 is 0 Å². The molecule has 31 heavy (non-hydrogen) atoms.